The minimum atomic E-state index is -0.400. The summed E-state index contributed by atoms with van der Waals surface area (Å²) >= 11 is 1.21. The van der Waals surface area contributed by atoms with Gasteiger partial charge in [-0.1, -0.05) is 36.0 Å². The first-order valence-electron chi connectivity index (χ1n) is 11.1. The van der Waals surface area contributed by atoms with Crippen LogP contribution >= 0.6 is 11.8 Å². The molecule has 5 rings (SSSR count). The Bertz CT molecular complexity index is 1350. The molecule has 0 atom stereocenters. The third kappa shape index (κ3) is 5.52. The number of carbonyl (C=O) groups is 2. The number of aromatic nitrogens is 3. The highest BCUT2D eigenvalue weighted by molar-refractivity contribution is 7.99. The van der Waals surface area contributed by atoms with Gasteiger partial charge in [-0.2, -0.15) is 0 Å². The van der Waals surface area contributed by atoms with Gasteiger partial charge in [-0.3, -0.25) is 14.5 Å². The number of thioether (sulfide) groups is 1. The van der Waals surface area contributed by atoms with Crippen molar-refractivity contribution in [1.29, 1.82) is 0 Å². The molecule has 2 N–H and O–H groups in total. The normalized spacial score (nSPS) is 14.4. The fourth-order valence-electron chi connectivity index (χ4n) is 3.97. The van der Waals surface area contributed by atoms with Crippen molar-refractivity contribution in [2.45, 2.75) is 5.22 Å². The number of aromatic amines is 1. The quantitative estimate of drug-likeness (QED) is 0.380. The predicted octanol–water partition coefficient (Wildman–Crippen LogP) is 3.23. The number of benzene rings is 2. The molecule has 35 heavy (non-hydrogen) atoms. The molecule has 2 aromatic heterocycles. The highest BCUT2D eigenvalue weighted by Crippen LogP contribution is 2.29. The minimum absolute atomic E-state index is 0.0225. The number of fused-ring (bicyclic) bond motifs is 1. The first-order valence-corrected chi connectivity index (χ1v) is 12.1. The summed E-state index contributed by atoms with van der Waals surface area (Å²) in [4.78, 5) is 31.8. The summed E-state index contributed by atoms with van der Waals surface area (Å²) in [5.41, 5.74) is 2.23. The third-order valence-corrected chi connectivity index (χ3v) is 6.55. The lowest BCUT2D eigenvalue weighted by Gasteiger charge is -2.34. The van der Waals surface area contributed by atoms with E-state index < -0.39 is 5.82 Å². The third-order valence-electron chi connectivity index (χ3n) is 5.75. The monoisotopic (exact) mass is 494 g/mol. The molecule has 1 fully saturated rings. The molecule has 9 nitrogen and oxygen atoms in total. The van der Waals surface area contributed by atoms with Gasteiger partial charge in [0.25, 0.3) is 11.1 Å². The van der Waals surface area contributed by atoms with Crippen molar-refractivity contribution in [1.82, 2.24) is 25.0 Å². The zero-order valence-electron chi connectivity index (χ0n) is 18.7. The second kappa shape index (κ2) is 10.3. The number of rotatable bonds is 7. The van der Waals surface area contributed by atoms with Crippen LogP contribution in [0.25, 0.3) is 22.4 Å². The molecule has 0 bridgehead atoms. The standard InChI is InChI=1S/C24H23FN6O3S/c25-16-4-3-5-17(12-16)27-21(32)14-30-8-10-31(11-9-30)22(33)15-35-24-29-28-23(34-24)19-13-26-20-7-2-1-6-18(19)20/h1-7,12-13,26H,8-11,14-15H2,(H,27,32). The van der Waals surface area contributed by atoms with E-state index in [9.17, 15) is 14.0 Å². The second-order valence-electron chi connectivity index (χ2n) is 8.13. The fourth-order valence-corrected chi connectivity index (χ4v) is 4.63. The van der Waals surface area contributed by atoms with Crippen LogP contribution < -0.4 is 5.32 Å². The molecule has 3 heterocycles. The van der Waals surface area contributed by atoms with E-state index in [1.807, 2.05) is 35.4 Å². The molecule has 0 saturated carbocycles. The highest BCUT2D eigenvalue weighted by Gasteiger charge is 2.23. The summed E-state index contributed by atoms with van der Waals surface area (Å²) < 4.78 is 19.0. The average molecular weight is 495 g/mol. The second-order valence-corrected chi connectivity index (χ2v) is 9.05. The van der Waals surface area contributed by atoms with Gasteiger partial charge in [0.05, 0.1) is 17.9 Å². The number of anilines is 1. The topological polar surface area (TPSA) is 107 Å². The lowest BCUT2D eigenvalue weighted by atomic mass is 10.2. The summed E-state index contributed by atoms with van der Waals surface area (Å²) in [7, 11) is 0. The van der Waals surface area contributed by atoms with E-state index in [4.69, 9.17) is 4.42 Å². The van der Waals surface area contributed by atoms with Gasteiger partial charge in [0.1, 0.15) is 5.82 Å². The van der Waals surface area contributed by atoms with Gasteiger partial charge in [-0.25, -0.2) is 4.39 Å². The summed E-state index contributed by atoms with van der Waals surface area (Å²) in [6, 6.07) is 13.6. The first kappa shape index (κ1) is 23.1. The van der Waals surface area contributed by atoms with Gasteiger partial charge in [-0.15, -0.1) is 10.2 Å². The van der Waals surface area contributed by atoms with E-state index in [1.165, 1.54) is 23.9 Å². The maximum atomic E-state index is 13.3. The Morgan fingerprint density at radius 2 is 1.91 bits per heavy atom. The molecule has 1 saturated heterocycles. The number of H-pyrrole nitrogens is 1. The van der Waals surface area contributed by atoms with E-state index in [-0.39, 0.29) is 24.1 Å². The van der Waals surface area contributed by atoms with Crippen molar-refractivity contribution < 1.29 is 18.4 Å². The van der Waals surface area contributed by atoms with Crippen LogP contribution in [0.1, 0.15) is 0 Å². The molecule has 180 valence electrons. The van der Waals surface area contributed by atoms with Crippen LogP contribution in [0.4, 0.5) is 10.1 Å². The Morgan fingerprint density at radius 3 is 2.74 bits per heavy atom. The Labute approximate surface area is 204 Å². The Hall–Kier alpha value is -3.70. The fraction of sp³-hybridized carbons (Fsp3) is 0.250. The van der Waals surface area contributed by atoms with Gasteiger partial charge >= 0.3 is 0 Å². The predicted molar refractivity (Wildman–Crippen MR) is 130 cm³/mol. The number of halogens is 1. The van der Waals surface area contributed by atoms with Crippen LogP contribution in [0, 0.1) is 5.82 Å². The summed E-state index contributed by atoms with van der Waals surface area (Å²) in [6.07, 6.45) is 1.83. The van der Waals surface area contributed by atoms with Gasteiger partial charge < -0.3 is 19.6 Å². The van der Waals surface area contributed by atoms with Crippen molar-refractivity contribution in [2.24, 2.45) is 0 Å². The van der Waals surface area contributed by atoms with Crippen LogP contribution in [0.15, 0.2) is 64.4 Å². The Kier molecular flexibility index (Phi) is 6.77. The molecule has 0 radical (unpaired) electrons. The summed E-state index contributed by atoms with van der Waals surface area (Å²) in [5, 5.41) is 12.2. The molecule has 11 heteroatoms. The molecule has 2 amide bonds. The number of hydrogen-bond acceptors (Lipinski definition) is 7. The molecule has 4 aromatic rings. The van der Waals surface area contributed by atoms with E-state index in [0.717, 1.165) is 16.5 Å². The molecule has 1 aliphatic rings. The summed E-state index contributed by atoms with van der Waals surface area (Å²) in [5.74, 6) is -0.0423. The van der Waals surface area contributed by atoms with Gasteiger partial charge in [0, 0.05) is 49.0 Å². The van der Waals surface area contributed by atoms with Crippen LogP contribution in [-0.2, 0) is 9.59 Å². The lowest BCUT2D eigenvalue weighted by molar-refractivity contribution is -0.130. The maximum Gasteiger partial charge on any atom is 0.277 e. The average Bonchev–Trinajstić information content (AvgIpc) is 3.50. The number of nitrogens with one attached hydrogen (secondary N) is 2. The van der Waals surface area contributed by atoms with Gasteiger partial charge in [0.2, 0.25) is 11.8 Å². The largest absolute Gasteiger partial charge is 0.411 e. The molecule has 2 aromatic carbocycles. The van der Waals surface area contributed by atoms with E-state index in [1.54, 1.807) is 17.0 Å². The SMILES string of the molecule is O=C(CN1CCN(C(=O)CSc2nnc(-c3c[nH]c4ccccc34)o2)CC1)Nc1cccc(F)c1. The molecule has 0 unspecified atom stereocenters. The van der Waals surface area contributed by atoms with E-state index >= 15 is 0 Å². The molecular weight excluding hydrogens is 471 g/mol. The molecule has 1 aliphatic heterocycles. The van der Waals surface area contributed by atoms with Gasteiger partial charge in [0.15, 0.2) is 0 Å². The summed E-state index contributed by atoms with van der Waals surface area (Å²) in [6.45, 7) is 2.40. The van der Waals surface area contributed by atoms with E-state index in [2.05, 4.69) is 20.5 Å². The lowest BCUT2D eigenvalue weighted by Crippen LogP contribution is -2.50. The maximum absolute atomic E-state index is 13.3. The van der Waals surface area contributed by atoms with Crippen molar-refractivity contribution in [3.63, 3.8) is 0 Å². The number of amides is 2. The van der Waals surface area contributed by atoms with Crippen molar-refractivity contribution in [2.75, 3.05) is 43.8 Å². The zero-order chi connectivity index (χ0) is 24.2. The van der Waals surface area contributed by atoms with Crippen LogP contribution in [-0.4, -0.2) is 75.3 Å². The van der Waals surface area contributed by atoms with Crippen LogP contribution in [0.5, 0.6) is 0 Å². The van der Waals surface area contributed by atoms with Crippen LogP contribution in [0.3, 0.4) is 0 Å². The highest BCUT2D eigenvalue weighted by atomic mass is 32.2. The van der Waals surface area contributed by atoms with Crippen molar-refractivity contribution in [3.05, 3.63) is 60.5 Å². The number of nitrogens with zero attached hydrogens (tertiary/aromatic N) is 4. The molecule has 0 spiro atoms. The molecule has 0 aliphatic carbocycles. The Morgan fingerprint density at radius 1 is 1.09 bits per heavy atom. The van der Waals surface area contributed by atoms with Crippen molar-refractivity contribution in [3.8, 4) is 11.5 Å². The Balaban J connectivity index is 1.08. The number of piperazine rings is 1. The number of para-hydroxylation sites is 1. The smallest absolute Gasteiger partial charge is 0.277 e. The molecular formula is C24H23FN6O3S. The van der Waals surface area contributed by atoms with Gasteiger partial charge in [-0.05, 0) is 24.3 Å². The number of carbonyl (C=O) groups excluding carboxylic acids is 2. The van der Waals surface area contributed by atoms with Crippen molar-refractivity contribution >= 4 is 40.2 Å². The zero-order valence-corrected chi connectivity index (χ0v) is 19.6. The first-order chi connectivity index (χ1) is 17.0. The minimum Gasteiger partial charge on any atom is -0.411 e. The van der Waals surface area contributed by atoms with E-state index in [0.29, 0.717) is 43.0 Å². The number of hydrogen-bond donors (Lipinski definition) is 2. The van der Waals surface area contributed by atoms with Crippen LogP contribution in [0.2, 0.25) is 0 Å².